The first-order valence-electron chi connectivity index (χ1n) is 10.8. The van der Waals surface area contributed by atoms with Crippen LogP contribution in [0.1, 0.15) is 28.8 Å². The maximum atomic E-state index is 13.0. The number of hydrogen-bond acceptors (Lipinski definition) is 5. The quantitative estimate of drug-likeness (QED) is 0.284. The van der Waals surface area contributed by atoms with Gasteiger partial charge in [-0.2, -0.15) is 0 Å². The number of rotatable bonds is 5. The number of nitrogens with zero attached hydrogens (tertiary/aromatic N) is 1. The summed E-state index contributed by atoms with van der Waals surface area (Å²) >= 11 is 21.9. The van der Waals surface area contributed by atoms with Crippen molar-refractivity contribution >= 4 is 85.8 Å². The third-order valence-corrected chi connectivity index (χ3v) is 8.67. The van der Waals surface area contributed by atoms with Crippen molar-refractivity contribution in [1.29, 1.82) is 0 Å². The predicted molar refractivity (Wildman–Crippen MR) is 137 cm³/mol. The molecule has 7 nitrogen and oxygen atoms in total. The van der Waals surface area contributed by atoms with Crippen molar-refractivity contribution in [3.05, 3.63) is 57.0 Å². The summed E-state index contributed by atoms with van der Waals surface area (Å²) in [6, 6.07) is 9.34. The van der Waals surface area contributed by atoms with Gasteiger partial charge in [0.15, 0.2) is 6.61 Å². The van der Waals surface area contributed by atoms with Gasteiger partial charge in [0, 0.05) is 10.2 Å². The van der Waals surface area contributed by atoms with Crippen LogP contribution in [0.5, 0.6) is 0 Å². The van der Waals surface area contributed by atoms with Crippen LogP contribution in [-0.2, 0) is 19.1 Å². The Morgan fingerprint density at radius 3 is 2.34 bits per heavy atom. The number of ether oxygens (including phenoxy) is 1. The number of hydrogen-bond donors (Lipinski definition) is 1. The van der Waals surface area contributed by atoms with E-state index < -0.39 is 30.3 Å². The van der Waals surface area contributed by atoms with Crippen LogP contribution >= 0.6 is 50.7 Å². The largest absolute Gasteiger partial charge is 0.452 e. The highest BCUT2D eigenvalue weighted by atomic mass is 79.9. The first kappa shape index (κ1) is 25.9. The average Bonchev–Trinajstić information content (AvgIpc) is 3.07. The Morgan fingerprint density at radius 1 is 1.09 bits per heavy atom. The second kappa shape index (κ2) is 10.5. The number of fused-ring (bicyclic) bond motifs is 1. The summed E-state index contributed by atoms with van der Waals surface area (Å²) in [7, 11) is 0. The van der Waals surface area contributed by atoms with Crippen LogP contribution in [0, 0.1) is 18.8 Å². The number of carbonyl (C=O) groups is 4. The van der Waals surface area contributed by atoms with E-state index in [1.807, 2.05) is 0 Å². The van der Waals surface area contributed by atoms with Crippen molar-refractivity contribution in [3.63, 3.8) is 0 Å². The van der Waals surface area contributed by atoms with Crippen LogP contribution in [0.3, 0.4) is 0 Å². The monoisotopic (exact) mass is 600 g/mol. The highest BCUT2D eigenvalue weighted by molar-refractivity contribution is 9.10. The molecule has 1 aliphatic heterocycles. The smallest absolute Gasteiger partial charge is 0.338 e. The molecule has 0 aromatic heterocycles. The Morgan fingerprint density at radius 2 is 1.71 bits per heavy atom. The zero-order valence-electron chi connectivity index (χ0n) is 18.4. The predicted octanol–water partition coefficient (Wildman–Crippen LogP) is 5.32. The first-order valence-corrected chi connectivity index (χ1v) is 12.8. The van der Waals surface area contributed by atoms with Crippen LogP contribution in [0.25, 0.3) is 0 Å². The summed E-state index contributed by atoms with van der Waals surface area (Å²) in [5, 5.41) is 2.33. The average molecular weight is 603 g/mol. The van der Waals surface area contributed by atoms with Crippen LogP contribution in [0.2, 0.25) is 5.02 Å². The molecule has 2 fully saturated rings. The van der Waals surface area contributed by atoms with Crippen LogP contribution in [-0.4, -0.2) is 41.1 Å². The van der Waals surface area contributed by atoms with Gasteiger partial charge >= 0.3 is 5.97 Å². The molecule has 184 valence electrons. The molecule has 0 spiro atoms. The van der Waals surface area contributed by atoms with Gasteiger partial charge in [-0.25, -0.2) is 4.79 Å². The summed E-state index contributed by atoms with van der Waals surface area (Å²) in [6.45, 7) is 1.22. The lowest BCUT2D eigenvalue weighted by Crippen LogP contribution is -2.34. The number of anilines is 2. The van der Waals surface area contributed by atoms with Gasteiger partial charge in [0.2, 0.25) is 11.8 Å². The molecule has 11 heteroatoms. The highest BCUT2D eigenvalue weighted by Gasteiger charge is 2.52. The van der Waals surface area contributed by atoms with Crippen LogP contribution < -0.4 is 10.2 Å². The maximum absolute atomic E-state index is 13.0. The molecule has 1 heterocycles. The van der Waals surface area contributed by atoms with E-state index in [1.165, 1.54) is 18.2 Å². The topological polar surface area (TPSA) is 92.8 Å². The van der Waals surface area contributed by atoms with Crippen molar-refractivity contribution in [1.82, 2.24) is 0 Å². The van der Waals surface area contributed by atoms with Gasteiger partial charge in [-0.3, -0.25) is 19.3 Å². The number of esters is 1. The van der Waals surface area contributed by atoms with Crippen molar-refractivity contribution in [2.45, 2.75) is 30.5 Å². The fourth-order valence-electron chi connectivity index (χ4n) is 4.31. The van der Waals surface area contributed by atoms with E-state index in [9.17, 15) is 19.2 Å². The first-order chi connectivity index (χ1) is 16.6. The Hall–Kier alpha value is -2.13. The van der Waals surface area contributed by atoms with Gasteiger partial charge < -0.3 is 10.1 Å². The van der Waals surface area contributed by atoms with Crippen molar-refractivity contribution in [3.8, 4) is 0 Å². The molecule has 1 saturated carbocycles. The fraction of sp³-hybridized carbons (Fsp3) is 0.333. The van der Waals surface area contributed by atoms with Crippen LogP contribution in [0.15, 0.2) is 40.9 Å². The third kappa shape index (κ3) is 5.21. The molecule has 1 N–H and O–H groups in total. The maximum Gasteiger partial charge on any atom is 0.338 e. The third-order valence-electron chi connectivity index (χ3n) is 6.20. The van der Waals surface area contributed by atoms with Crippen molar-refractivity contribution in [2.75, 3.05) is 16.8 Å². The zero-order chi connectivity index (χ0) is 25.4. The van der Waals surface area contributed by atoms with E-state index in [-0.39, 0.29) is 33.8 Å². The minimum absolute atomic E-state index is 0.0964. The van der Waals surface area contributed by atoms with Crippen molar-refractivity contribution < 1.29 is 23.9 Å². The number of imide groups is 1. The van der Waals surface area contributed by atoms with Gasteiger partial charge in [0.05, 0.1) is 38.9 Å². The fourth-order valence-corrected chi connectivity index (χ4v) is 5.49. The van der Waals surface area contributed by atoms with Gasteiger partial charge in [-0.1, -0.05) is 17.7 Å². The summed E-state index contributed by atoms with van der Waals surface area (Å²) in [5.74, 6) is -3.10. The number of halogens is 4. The SMILES string of the molecule is Cc1c(NC(=O)COC(=O)c2cccc(N3C(=O)[C@@H]4C[C@@H](Cl)[C@@H](Cl)C[C@H]4C3=O)c2)ccc(Br)c1Cl. The van der Waals surface area contributed by atoms with Gasteiger partial charge in [-0.15, -0.1) is 23.2 Å². The summed E-state index contributed by atoms with van der Waals surface area (Å²) < 4.78 is 5.83. The molecule has 0 bridgehead atoms. The molecule has 35 heavy (non-hydrogen) atoms. The number of carbonyl (C=O) groups excluding carboxylic acids is 4. The van der Waals surface area contributed by atoms with Gasteiger partial charge in [0.25, 0.3) is 5.91 Å². The Kier molecular flexibility index (Phi) is 7.76. The van der Waals surface area contributed by atoms with E-state index in [0.29, 0.717) is 33.6 Å². The molecule has 1 aliphatic carbocycles. The van der Waals surface area contributed by atoms with E-state index in [4.69, 9.17) is 39.5 Å². The normalized spacial score (nSPS) is 23.7. The number of benzene rings is 2. The van der Waals surface area contributed by atoms with Gasteiger partial charge in [0.1, 0.15) is 0 Å². The van der Waals surface area contributed by atoms with E-state index >= 15 is 0 Å². The summed E-state index contributed by atoms with van der Waals surface area (Å²) in [5.41, 5.74) is 1.51. The lowest BCUT2D eigenvalue weighted by molar-refractivity contribution is -0.122. The summed E-state index contributed by atoms with van der Waals surface area (Å²) in [4.78, 5) is 51.9. The Balaban J connectivity index is 1.42. The second-order valence-corrected chi connectivity index (χ2v) is 10.8. The second-order valence-electron chi connectivity index (χ2n) is 8.44. The number of nitrogens with one attached hydrogen (secondary N) is 1. The standard InChI is InChI=1S/C24H20BrCl3N2O5/c1-11-19(6-5-16(25)21(11)28)29-20(31)10-35-24(34)12-3-2-4-13(7-12)30-22(32)14-8-17(26)18(27)9-15(14)23(30)33/h2-7,14-15,17-18H,8-10H2,1H3,(H,29,31)/t14-,15-,17-,18+/m1/s1. The molecule has 0 radical (unpaired) electrons. The number of amides is 3. The minimum atomic E-state index is -0.772. The van der Waals surface area contributed by atoms with Gasteiger partial charge in [-0.05, 0) is 71.6 Å². The Labute approximate surface area is 225 Å². The van der Waals surface area contributed by atoms with E-state index in [2.05, 4.69) is 21.2 Å². The molecule has 0 unspecified atom stereocenters. The van der Waals surface area contributed by atoms with E-state index in [0.717, 1.165) is 4.90 Å². The molecule has 3 amide bonds. The molecular formula is C24H20BrCl3N2O5. The minimum Gasteiger partial charge on any atom is -0.452 e. The lowest BCUT2D eigenvalue weighted by Gasteiger charge is -2.28. The van der Waals surface area contributed by atoms with Crippen molar-refractivity contribution in [2.24, 2.45) is 11.8 Å². The zero-order valence-corrected chi connectivity index (χ0v) is 22.2. The van der Waals surface area contributed by atoms with Crippen LogP contribution in [0.4, 0.5) is 11.4 Å². The molecule has 4 atom stereocenters. The molecule has 2 aliphatic rings. The molecular weight excluding hydrogens is 583 g/mol. The number of alkyl halides is 2. The molecule has 2 aromatic rings. The summed E-state index contributed by atoms with van der Waals surface area (Å²) in [6.07, 6.45) is 0.642. The molecule has 4 rings (SSSR count). The highest BCUT2D eigenvalue weighted by Crippen LogP contribution is 2.43. The Bertz CT molecular complexity index is 1200. The lowest BCUT2D eigenvalue weighted by atomic mass is 9.80. The molecule has 1 saturated heterocycles. The van der Waals surface area contributed by atoms with E-state index in [1.54, 1.807) is 25.1 Å². The molecule has 2 aromatic carbocycles.